The van der Waals surface area contributed by atoms with Crippen molar-refractivity contribution in [1.82, 2.24) is 0 Å². The molecule has 0 radical (unpaired) electrons. The number of hydrogen-bond donors (Lipinski definition) is 1. The van der Waals surface area contributed by atoms with Crippen molar-refractivity contribution >= 4 is 27.1 Å². The molecule has 0 aliphatic carbocycles. The van der Waals surface area contributed by atoms with Crippen LogP contribution >= 0.6 is 11.6 Å². The van der Waals surface area contributed by atoms with Crippen LogP contribution in [0.3, 0.4) is 0 Å². The molecule has 1 aromatic carbocycles. The maximum atomic E-state index is 12.4. The lowest BCUT2D eigenvalue weighted by molar-refractivity contribution is -0.0435. The predicted molar refractivity (Wildman–Crippen MR) is 67.6 cm³/mol. The Bertz CT molecular complexity index is 757. The van der Waals surface area contributed by atoms with Gasteiger partial charge in [-0.05, 0) is 18.2 Å². The van der Waals surface area contributed by atoms with Crippen LogP contribution in [-0.2, 0) is 9.84 Å². The van der Waals surface area contributed by atoms with E-state index in [4.69, 9.17) is 22.1 Å². The third-order valence-electron chi connectivity index (χ3n) is 2.17. The van der Waals surface area contributed by atoms with Crippen LogP contribution in [0.25, 0.3) is 0 Å². The smallest absolute Gasteiger partial charge is 0.359 e. The number of nitrogens with zero attached hydrogens (tertiary/aromatic N) is 2. The van der Waals surface area contributed by atoms with E-state index in [2.05, 4.69) is 5.32 Å². The number of nitriles is 2. The summed E-state index contributed by atoms with van der Waals surface area (Å²) >= 11 is 5.70. The van der Waals surface area contributed by atoms with Gasteiger partial charge in [0.05, 0.1) is 15.6 Å². The van der Waals surface area contributed by atoms with Crippen LogP contribution in [-0.4, -0.2) is 13.9 Å². The Hall–Kier alpha value is -2.23. The number of hydrogen-bond acceptors (Lipinski definition) is 5. The second-order valence-electron chi connectivity index (χ2n) is 3.52. The van der Waals surface area contributed by atoms with Gasteiger partial charge in [0.25, 0.3) is 9.84 Å². The Morgan fingerprint density at radius 3 is 2.33 bits per heavy atom. The number of alkyl halides is 3. The summed E-state index contributed by atoms with van der Waals surface area (Å²) in [6.45, 7) is 0. The van der Waals surface area contributed by atoms with Gasteiger partial charge in [-0.1, -0.05) is 11.6 Å². The minimum atomic E-state index is -5.51. The second-order valence-corrected chi connectivity index (χ2v) is 5.87. The Morgan fingerprint density at radius 1 is 1.29 bits per heavy atom. The summed E-state index contributed by atoms with van der Waals surface area (Å²) in [4.78, 5) is -1.01. The van der Waals surface area contributed by atoms with E-state index >= 15 is 0 Å². The quantitative estimate of drug-likeness (QED) is 0.857. The number of benzene rings is 1. The molecule has 0 aliphatic heterocycles. The van der Waals surface area contributed by atoms with Crippen LogP contribution in [0.2, 0.25) is 5.02 Å². The van der Waals surface area contributed by atoms with Crippen molar-refractivity contribution in [3.8, 4) is 12.1 Å². The topological polar surface area (TPSA) is 93.8 Å². The van der Waals surface area contributed by atoms with Gasteiger partial charge in [-0.25, -0.2) is 8.42 Å². The minimum absolute atomic E-state index is 0.0809. The van der Waals surface area contributed by atoms with Gasteiger partial charge < -0.3 is 5.32 Å². The summed E-state index contributed by atoms with van der Waals surface area (Å²) in [6, 6.07) is 5.33. The van der Waals surface area contributed by atoms with Crippen molar-refractivity contribution < 1.29 is 21.6 Å². The molecule has 0 amide bonds. The van der Waals surface area contributed by atoms with E-state index < -0.39 is 20.2 Å². The lowest BCUT2D eigenvalue weighted by Gasteiger charge is -2.10. The molecular formula is C11H5ClF3N3O2S. The molecule has 110 valence electrons. The fraction of sp³-hybridized carbons (Fsp3) is 0.0909. The van der Waals surface area contributed by atoms with Crippen molar-refractivity contribution in [3.05, 3.63) is 35.0 Å². The first kappa shape index (κ1) is 16.8. The van der Waals surface area contributed by atoms with Crippen molar-refractivity contribution in [2.24, 2.45) is 0 Å². The molecule has 5 nitrogen and oxygen atoms in total. The highest BCUT2D eigenvalue weighted by molar-refractivity contribution is 7.92. The number of rotatable bonds is 3. The van der Waals surface area contributed by atoms with Gasteiger partial charge in [-0.2, -0.15) is 23.7 Å². The molecule has 0 bridgehead atoms. The van der Waals surface area contributed by atoms with Crippen LogP contribution < -0.4 is 5.32 Å². The molecule has 0 atom stereocenters. The highest BCUT2D eigenvalue weighted by Gasteiger charge is 2.47. The molecule has 1 aromatic rings. The highest BCUT2D eigenvalue weighted by Crippen LogP contribution is 2.33. The average Bonchev–Trinajstić information content (AvgIpc) is 2.40. The predicted octanol–water partition coefficient (Wildman–Crippen LogP) is 2.98. The van der Waals surface area contributed by atoms with Crippen LogP contribution in [0.15, 0.2) is 34.9 Å². The summed E-state index contributed by atoms with van der Waals surface area (Å²) in [5.74, 6) is 0. The number of halogens is 4. The molecular weight excluding hydrogens is 331 g/mol. The maximum Gasteiger partial charge on any atom is 0.501 e. The Balaban J connectivity index is 3.29. The molecule has 0 heterocycles. The fourth-order valence-corrected chi connectivity index (χ4v) is 2.11. The van der Waals surface area contributed by atoms with E-state index in [0.29, 0.717) is 12.1 Å². The van der Waals surface area contributed by atoms with Crippen molar-refractivity contribution in [3.63, 3.8) is 0 Å². The first-order valence-corrected chi connectivity index (χ1v) is 6.87. The van der Waals surface area contributed by atoms with Gasteiger partial charge in [0, 0.05) is 6.20 Å². The van der Waals surface area contributed by atoms with E-state index in [1.165, 1.54) is 12.1 Å². The number of sulfone groups is 1. The zero-order valence-electron chi connectivity index (χ0n) is 9.94. The van der Waals surface area contributed by atoms with E-state index in [1.54, 1.807) is 0 Å². The van der Waals surface area contributed by atoms with Gasteiger partial charge in [0.15, 0.2) is 0 Å². The maximum absolute atomic E-state index is 12.4. The van der Waals surface area contributed by atoms with Crippen LogP contribution in [0.5, 0.6) is 0 Å². The van der Waals surface area contributed by atoms with Crippen molar-refractivity contribution in [1.29, 1.82) is 10.5 Å². The molecule has 1 N–H and O–H groups in total. The highest BCUT2D eigenvalue weighted by atomic mass is 35.5. The Labute approximate surface area is 122 Å². The fourth-order valence-electron chi connectivity index (χ4n) is 1.16. The summed E-state index contributed by atoms with van der Waals surface area (Å²) in [7, 11) is -5.51. The van der Waals surface area contributed by atoms with Gasteiger partial charge in [0.1, 0.15) is 17.7 Å². The molecule has 0 spiro atoms. The first-order valence-electron chi connectivity index (χ1n) is 5.01. The molecule has 0 saturated carbocycles. The average molecular weight is 336 g/mol. The van der Waals surface area contributed by atoms with E-state index in [1.807, 2.05) is 0 Å². The van der Waals surface area contributed by atoms with Crippen LogP contribution in [0.4, 0.5) is 18.9 Å². The molecule has 10 heteroatoms. The van der Waals surface area contributed by atoms with E-state index in [0.717, 1.165) is 12.3 Å². The Morgan fingerprint density at radius 2 is 1.86 bits per heavy atom. The molecule has 0 aromatic heterocycles. The second kappa shape index (κ2) is 6.04. The summed E-state index contributed by atoms with van der Waals surface area (Å²) in [5, 5.41) is 19.2. The lowest BCUT2D eigenvalue weighted by atomic mass is 10.3. The van der Waals surface area contributed by atoms with Crippen molar-refractivity contribution in [2.45, 2.75) is 10.4 Å². The monoisotopic (exact) mass is 335 g/mol. The van der Waals surface area contributed by atoms with E-state index in [9.17, 15) is 21.6 Å². The third-order valence-corrected chi connectivity index (χ3v) is 3.98. The first-order chi connectivity index (χ1) is 9.63. The van der Waals surface area contributed by atoms with Gasteiger partial charge in [-0.15, -0.1) is 0 Å². The molecule has 1 rings (SSSR count). The lowest BCUT2D eigenvalue weighted by Crippen LogP contribution is -2.23. The minimum Gasteiger partial charge on any atom is -0.359 e. The van der Waals surface area contributed by atoms with Gasteiger partial charge in [-0.3, -0.25) is 0 Å². The van der Waals surface area contributed by atoms with Crippen LogP contribution in [0.1, 0.15) is 0 Å². The third kappa shape index (κ3) is 3.66. The molecule has 0 saturated heterocycles. The number of nitrogens with one attached hydrogen (secondary N) is 1. The summed E-state index contributed by atoms with van der Waals surface area (Å²) in [5.41, 5.74) is -6.00. The van der Waals surface area contributed by atoms with E-state index in [-0.39, 0.29) is 16.3 Å². The normalized spacial score (nSPS) is 11.1. The number of allylic oxidation sites excluding steroid dienone is 1. The Kier molecular flexibility index (Phi) is 4.84. The summed E-state index contributed by atoms with van der Waals surface area (Å²) in [6.07, 6.45) is 0.894. The molecule has 21 heavy (non-hydrogen) atoms. The van der Waals surface area contributed by atoms with Crippen molar-refractivity contribution in [2.75, 3.05) is 5.32 Å². The van der Waals surface area contributed by atoms with Crippen LogP contribution in [0, 0.1) is 22.7 Å². The SMILES string of the molecule is N#CC(C#N)=CNc1cc(S(=O)(=O)C(F)(F)F)ccc1Cl. The molecule has 0 unspecified atom stereocenters. The zero-order valence-corrected chi connectivity index (χ0v) is 11.5. The number of anilines is 1. The van der Waals surface area contributed by atoms with Gasteiger partial charge in [0.2, 0.25) is 0 Å². The zero-order chi connectivity index (χ0) is 16.3. The molecule has 0 fully saturated rings. The summed E-state index contributed by atoms with van der Waals surface area (Å²) < 4.78 is 59.8. The molecule has 0 aliphatic rings. The van der Waals surface area contributed by atoms with Gasteiger partial charge >= 0.3 is 5.51 Å². The standard InChI is InChI=1S/C11H5ClF3N3O2S/c12-9-2-1-8(21(19,20)11(13,14)15)3-10(9)18-6-7(4-16)5-17/h1-3,6,18H. The largest absolute Gasteiger partial charge is 0.501 e.